The van der Waals surface area contributed by atoms with Crippen molar-refractivity contribution in [1.82, 2.24) is 9.80 Å². The van der Waals surface area contributed by atoms with Crippen LogP contribution in [0.3, 0.4) is 0 Å². The fraction of sp³-hybridized carbons (Fsp3) is 0.750. The highest BCUT2D eigenvalue weighted by Crippen LogP contribution is 2.27. The van der Waals surface area contributed by atoms with Crippen molar-refractivity contribution in [2.24, 2.45) is 10.9 Å². The molecule has 1 heterocycles. The minimum atomic E-state index is -0.738. The third-order valence-electron chi connectivity index (χ3n) is 4.18. The van der Waals surface area contributed by atoms with Crippen molar-refractivity contribution in [3.63, 3.8) is 0 Å². The van der Waals surface area contributed by atoms with E-state index in [1.807, 2.05) is 18.7 Å². The topological polar surface area (TPSA) is 65.4 Å². The SMILES string of the molecule is C=CCN=C(C)N(CC(=O)N1CC(C(C)(C)O)C1)C(C)OC. The van der Waals surface area contributed by atoms with Gasteiger partial charge in [-0.1, -0.05) is 6.08 Å². The second kappa shape index (κ2) is 7.74. The van der Waals surface area contributed by atoms with Crippen LogP contribution < -0.4 is 0 Å². The van der Waals surface area contributed by atoms with E-state index in [0.29, 0.717) is 19.6 Å². The van der Waals surface area contributed by atoms with Crippen LogP contribution in [0.1, 0.15) is 27.7 Å². The van der Waals surface area contributed by atoms with Gasteiger partial charge >= 0.3 is 0 Å². The first-order valence-corrected chi connectivity index (χ1v) is 7.62. The molecule has 1 amide bonds. The number of carbonyl (C=O) groups excluding carboxylic acids is 1. The van der Waals surface area contributed by atoms with Crippen LogP contribution in [0.4, 0.5) is 0 Å². The second-order valence-corrected chi connectivity index (χ2v) is 6.29. The first-order chi connectivity index (χ1) is 10.2. The molecule has 0 aliphatic carbocycles. The summed E-state index contributed by atoms with van der Waals surface area (Å²) in [5, 5.41) is 9.93. The quantitative estimate of drug-likeness (QED) is 0.331. The fourth-order valence-electron chi connectivity index (χ4n) is 2.30. The maximum Gasteiger partial charge on any atom is 0.242 e. The summed E-state index contributed by atoms with van der Waals surface area (Å²) in [5.41, 5.74) is -0.738. The molecule has 1 fully saturated rings. The van der Waals surface area contributed by atoms with Crippen LogP contribution in [0, 0.1) is 5.92 Å². The fourth-order valence-corrected chi connectivity index (χ4v) is 2.30. The number of hydrogen-bond donors (Lipinski definition) is 1. The summed E-state index contributed by atoms with van der Waals surface area (Å²) in [4.78, 5) is 20.3. The van der Waals surface area contributed by atoms with Crippen LogP contribution in [-0.2, 0) is 9.53 Å². The number of methoxy groups -OCH3 is 1. The third kappa shape index (κ3) is 4.81. The van der Waals surface area contributed by atoms with Crippen molar-refractivity contribution in [1.29, 1.82) is 0 Å². The van der Waals surface area contributed by atoms with Gasteiger partial charge in [0.15, 0.2) is 0 Å². The summed E-state index contributed by atoms with van der Waals surface area (Å²) >= 11 is 0. The molecule has 0 aromatic carbocycles. The lowest BCUT2D eigenvalue weighted by molar-refractivity contribution is -0.146. The van der Waals surface area contributed by atoms with E-state index >= 15 is 0 Å². The molecule has 0 radical (unpaired) electrons. The third-order valence-corrected chi connectivity index (χ3v) is 4.18. The van der Waals surface area contributed by atoms with Crippen molar-refractivity contribution < 1.29 is 14.6 Å². The van der Waals surface area contributed by atoms with Crippen LogP contribution in [0.25, 0.3) is 0 Å². The van der Waals surface area contributed by atoms with Gasteiger partial charge in [-0.25, -0.2) is 0 Å². The largest absolute Gasteiger partial charge is 0.390 e. The molecule has 1 atom stereocenters. The second-order valence-electron chi connectivity index (χ2n) is 6.29. The number of nitrogens with zero attached hydrogens (tertiary/aromatic N) is 3. The van der Waals surface area contributed by atoms with E-state index in [-0.39, 0.29) is 24.6 Å². The number of amides is 1. The Hall–Kier alpha value is -1.40. The van der Waals surface area contributed by atoms with Gasteiger partial charge in [-0.05, 0) is 27.7 Å². The maximum absolute atomic E-state index is 12.4. The van der Waals surface area contributed by atoms with E-state index in [4.69, 9.17) is 4.74 Å². The number of ether oxygens (including phenoxy) is 1. The Morgan fingerprint density at radius 3 is 2.64 bits per heavy atom. The molecule has 0 saturated carbocycles. The molecule has 6 nitrogen and oxygen atoms in total. The first kappa shape index (κ1) is 18.6. The zero-order valence-corrected chi connectivity index (χ0v) is 14.4. The van der Waals surface area contributed by atoms with Gasteiger partial charge in [0.05, 0.1) is 18.0 Å². The van der Waals surface area contributed by atoms with Crippen molar-refractivity contribution >= 4 is 11.7 Å². The van der Waals surface area contributed by atoms with E-state index in [2.05, 4.69) is 11.6 Å². The van der Waals surface area contributed by atoms with E-state index < -0.39 is 5.60 Å². The Morgan fingerprint density at radius 2 is 2.18 bits per heavy atom. The van der Waals surface area contributed by atoms with Crippen molar-refractivity contribution in [3.05, 3.63) is 12.7 Å². The molecule has 1 N–H and O–H groups in total. The van der Waals surface area contributed by atoms with Gasteiger partial charge in [0.1, 0.15) is 12.8 Å². The molecule has 1 aliphatic heterocycles. The molecule has 6 heteroatoms. The van der Waals surface area contributed by atoms with Gasteiger partial charge in [0.25, 0.3) is 0 Å². The van der Waals surface area contributed by atoms with Gasteiger partial charge in [-0.2, -0.15) is 0 Å². The molecule has 0 spiro atoms. The Balaban J connectivity index is 2.63. The van der Waals surface area contributed by atoms with E-state index in [9.17, 15) is 9.90 Å². The Kier molecular flexibility index (Phi) is 6.56. The maximum atomic E-state index is 12.4. The molecule has 0 aromatic heterocycles. The average Bonchev–Trinajstić information content (AvgIpc) is 2.37. The molecular weight excluding hydrogens is 282 g/mol. The van der Waals surface area contributed by atoms with Crippen LogP contribution in [0.2, 0.25) is 0 Å². The average molecular weight is 311 g/mol. The summed E-state index contributed by atoms with van der Waals surface area (Å²) in [6, 6.07) is 0. The molecule has 1 aliphatic rings. The summed E-state index contributed by atoms with van der Waals surface area (Å²) < 4.78 is 5.33. The lowest BCUT2D eigenvalue weighted by Gasteiger charge is -2.46. The molecule has 1 rings (SSSR count). The van der Waals surface area contributed by atoms with Crippen molar-refractivity contribution in [2.75, 3.05) is 33.3 Å². The predicted octanol–water partition coefficient (Wildman–Crippen LogP) is 1.11. The first-order valence-electron chi connectivity index (χ1n) is 7.62. The molecule has 1 saturated heterocycles. The zero-order valence-electron chi connectivity index (χ0n) is 14.4. The number of hydrogen-bond acceptors (Lipinski definition) is 4. The van der Waals surface area contributed by atoms with Gasteiger partial charge in [-0.3, -0.25) is 9.79 Å². The summed E-state index contributed by atoms with van der Waals surface area (Å²) in [5.74, 6) is 0.917. The van der Waals surface area contributed by atoms with Gasteiger partial charge in [0, 0.05) is 26.1 Å². The van der Waals surface area contributed by atoms with Crippen LogP contribution in [0.15, 0.2) is 17.6 Å². The Bertz CT molecular complexity index is 423. The van der Waals surface area contributed by atoms with E-state index in [0.717, 1.165) is 5.84 Å². The van der Waals surface area contributed by atoms with Crippen molar-refractivity contribution in [2.45, 2.75) is 39.5 Å². The normalized spacial score (nSPS) is 17.9. The molecule has 0 aromatic rings. The predicted molar refractivity (Wildman–Crippen MR) is 87.7 cm³/mol. The summed E-state index contributed by atoms with van der Waals surface area (Å²) in [6.45, 7) is 12.9. The number of amidine groups is 1. The van der Waals surface area contributed by atoms with Gasteiger partial charge < -0.3 is 19.6 Å². The summed E-state index contributed by atoms with van der Waals surface area (Å²) in [6.07, 6.45) is 1.48. The number of aliphatic hydroxyl groups is 1. The molecule has 0 bridgehead atoms. The van der Waals surface area contributed by atoms with E-state index in [1.54, 1.807) is 31.9 Å². The minimum absolute atomic E-state index is 0.0255. The molecule has 22 heavy (non-hydrogen) atoms. The minimum Gasteiger partial charge on any atom is -0.390 e. The standard InChI is InChI=1S/C16H29N3O3/c1-7-8-17-12(2)19(13(3)22-6)11-15(20)18-9-14(10-18)16(4,5)21/h7,13-14,21H,1,8-11H2,2-6H3. The van der Waals surface area contributed by atoms with Crippen LogP contribution >= 0.6 is 0 Å². The number of carbonyl (C=O) groups is 1. The number of aliphatic imine (C=N–C) groups is 1. The molecular formula is C16H29N3O3. The van der Waals surface area contributed by atoms with Crippen LogP contribution in [-0.4, -0.2) is 71.8 Å². The highest BCUT2D eigenvalue weighted by Gasteiger charge is 2.40. The highest BCUT2D eigenvalue weighted by atomic mass is 16.5. The Morgan fingerprint density at radius 1 is 1.59 bits per heavy atom. The lowest BCUT2D eigenvalue weighted by Crippen LogP contribution is -2.59. The summed E-state index contributed by atoms with van der Waals surface area (Å²) in [7, 11) is 1.61. The van der Waals surface area contributed by atoms with Crippen LogP contribution in [0.5, 0.6) is 0 Å². The van der Waals surface area contributed by atoms with Crippen molar-refractivity contribution in [3.8, 4) is 0 Å². The number of rotatable bonds is 7. The van der Waals surface area contributed by atoms with Gasteiger partial charge in [-0.15, -0.1) is 6.58 Å². The molecule has 1 unspecified atom stereocenters. The Labute approximate surface area is 133 Å². The smallest absolute Gasteiger partial charge is 0.242 e. The van der Waals surface area contributed by atoms with Gasteiger partial charge in [0.2, 0.25) is 5.91 Å². The highest BCUT2D eigenvalue weighted by molar-refractivity contribution is 5.87. The zero-order chi connectivity index (χ0) is 16.9. The van der Waals surface area contributed by atoms with E-state index in [1.165, 1.54) is 0 Å². The monoisotopic (exact) mass is 311 g/mol. The number of likely N-dealkylation sites (tertiary alicyclic amines) is 1. The lowest BCUT2D eigenvalue weighted by atomic mass is 9.84. The molecule has 126 valence electrons.